The lowest BCUT2D eigenvalue weighted by Gasteiger charge is -1.99. The van der Waals surface area contributed by atoms with E-state index in [2.05, 4.69) is 23.5 Å². The highest BCUT2D eigenvalue weighted by Crippen LogP contribution is 2.15. The maximum atomic E-state index is 10.3. The Morgan fingerprint density at radius 1 is 1.29 bits per heavy atom. The van der Waals surface area contributed by atoms with Crippen LogP contribution in [0.15, 0.2) is 46.6 Å². The van der Waals surface area contributed by atoms with Gasteiger partial charge in [-0.1, -0.05) is 13.2 Å². The fraction of sp³-hybridized carbons (Fsp3) is 0.125. The molecule has 0 aromatic carbocycles. The molecule has 0 aliphatic heterocycles. The molecule has 0 bridgehead atoms. The molecule has 0 rings (SSSR count). The largest absolute Gasteiger partial charge is 0.481 e. The van der Waals surface area contributed by atoms with E-state index in [0.29, 0.717) is 0 Å². The van der Waals surface area contributed by atoms with Crippen LogP contribution < -0.4 is 0 Å². The van der Waals surface area contributed by atoms with Crippen LogP contribution in [0.2, 0.25) is 0 Å². The van der Waals surface area contributed by atoms with Crippen molar-refractivity contribution < 1.29 is 9.90 Å². The van der Waals surface area contributed by atoms with Crippen LogP contribution in [0.5, 0.6) is 0 Å². The minimum absolute atomic E-state index is 0.0112. The van der Waals surface area contributed by atoms with Crippen LogP contribution in [0, 0.1) is 9.81 Å². The summed E-state index contributed by atoms with van der Waals surface area (Å²) in [7, 11) is 0. The Labute approximate surface area is 79.6 Å². The molecular weight excluding hydrogens is 188 g/mol. The summed E-state index contributed by atoms with van der Waals surface area (Å²) in [4.78, 5) is 30.4. The zero-order valence-electron chi connectivity index (χ0n) is 7.27. The summed E-state index contributed by atoms with van der Waals surface area (Å²) < 4.78 is 0. The van der Waals surface area contributed by atoms with Crippen molar-refractivity contribution >= 4 is 5.97 Å². The van der Waals surface area contributed by atoms with Crippen LogP contribution in [-0.4, -0.2) is 11.1 Å². The minimum atomic E-state index is -1.17. The lowest BCUT2D eigenvalue weighted by Crippen LogP contribution is -1.98. The third-order valence-electron chi connectivity index (χ3n) is 1.28. The Hall–Kier alpha value is -2.11. The number of hydrogen-bond acceptors (Lipinski definition) is 5. The molecule has 0 atom stereocenters. The van der Waals surface area contributed by atoms with E-state index in [1.165, 1.54) is 0 Å². The van der Waals surface area contributed by atoms with E-state index in [1.54, 1.807) is 0 Å². The number of carbonyl (C=O) groups is 1. The second-order valence-electron chi connectivity index (χ2n) is 2.36. The van der Waals surface area contributed by atoms with E-state index in [1.807, 2.05) is 0 Å². The van der Waals surface area contributed by atoms with Gasteiger partial charge >= 0.3 is 5.97 Å². The normalized spacial score (nSPS) is 10.4. The number of carboxylic acid groups (broad SMARTS) is 1. The van der Waals surface area contributed by atoms with Gasteiger partial charge in [0.15, 0.2) is 0 Å². The molecule has 0 amide bonds. The third-order valence-corrected chi connectivity index (χ3v) is 1.28. The summed E-state index contributed by atoms with van der Waals surface area (Å²) in [6.07, 6.45) is 0.601. The van der Waals surface area contributed by atoms with Crippen molar-refractivity contribution in [1.29, 1.82) is 0 Å². The number of carboxylic acids is 1. The van der Waals surface area contributed by atoms with Gasteiger partial charge in [-0.3, -0.25) is 4.79 Å². The highest BCUT2D eigenvalue weighted by atomic mass is 16.4. The first-order valence-corrected chi connectivity index (χ1v) is 3.48. The van der Waals surface area contributed by atoms with Crippen molar-refractivity contribution in [2.75, 3.05) is 0 Å². The van der Waals surface area contributed by atoms with E-state index >= 15 is 0 Å². The van der Waals surface area contributed by atoms with Crippen LogP contribution in [0.3, 0.4) is 0 Å². The first-order valence-electron chi connectivity index (χ1n) is 3.48. The fourth-order valence-electron chi connectivity index (χ4n) is 0.685. The van der Waals surface area contributed by atoms with Crippen molar-refractivity contribution in [3.05, 3.63) is 46.0 Å². The van der Waals surface area contributed by atoms with Gasteiger partial charge in [0, 0.05) is 0 Å². The molecule has 0 aliphatic rings. The molecule has 0 aliphatic carbocycles. The topological polar surface area (TPSA) is 96.2 Å². The van der Waals surface area contributed by atoms with Gasteiger partial charge in [-0.2, -0.15) is 0 Å². The van der Waals surface area contributed by atoms with Crippen LogP contribution in [-0.2, 0) is 4.79 Å². The van der Waals surface area contributed by atoms with Gasteiger partial charge < -0.3 is 5.11 Å². The van der Waals surface area contributed by atoms with Crippen molar-refractivity contribution in [3.8, 4) is 0 Å². The number of hydrogen-bond donors (Lipinski definition) is 1. The van der Waals surface area contributed by atoms with Crippen molar-refractivity contribution in [1.82, 2.24) is 0 Å². The molecule has 0 aromatic rings. The van der Waals surface area contributed by atoms with E-state index in [4.69, 9.17) is 5.11 Å². The summed E-state index contributed by atoms with van der Waals surface area (Å²) in [5.41, 5.74) is -0.430. The molecule has 6 nitrogen and oxygen atoms in total. The number of allylic oxidation sites excluding steroid dienone is 2. The van der Waals surface area contributed by atoms with Crippen LogP contribution in [0.4, 0.5) is 0 Å². The molecule has 1 N–H and O–H groups in total. The highest BCUT2D eigenvalue weighted by Gasteiger charge is 2.09. The predicted molar refractivity (Wildman–Crippen MR) is 50.2 cm³/mol. The number of aliphatic carboxylic acids is 1. The molecule has 0 fully saturated rings. The first kappa shape index (κ1) is 11.9. The van der Waals surface area contributed by atoms with Gasteiger partial charge in [0.25, 0.3) is 0 Å². The molecule has 0 spiro atoms. The molecule has 0 aromatic heterocycles. The zero-order valence-corrected chi connectivity index (χ0v) is 7.27. The van der Waals surface area contributed by atoms with E-state index in [9.17, 15) is 14.6 Å². The lowest BCUT2D eigenvalue weighted by atomic mass is 10.1. The standard InChI is InChI=1S/C8H8N2O4/c1-5(9-13)3-7(4-8(11)12)6(2)10-14/h3H,1-2,4H2,(H,11,12). The van der Waals surface area contributed by atoms with Gasteiger partial charge in [-0.25, -0.2) is 0 Å². The van der Waals surface area contributed by atoms with Crippen molar-refractivity contribution in [3.63, 3.8) is 0 Å². The average Bonchev–Trinajstić information content (AvgIpc) is 2.14. The lowest BCUT2D eigenvalue weighted by molar-refractivity contribution is -0.136. The van der Waals surface area contributed by atoms with Crippen molar-refractivity contribution in [2.45, 2.75) is 6.42 Å². The first-order chi connectivity index (χ1) is 6.51. The number of rotatable bonds is 6. The molecule has 0 heterocycles. The van der Waals surface area contributed by atoms with E-state index < -0.39 is 12.4 Å². The zero-order chi connectivity index (χ0) is 11.1. The SMILES string of the molecule is C=C(C=C(CC(=O)O)C(=C)N=O)N=O. The van der Waals surface area contributed by atoms with Crippen LogP contribution >= 0.6 is 0 Å². The average molecular weight is 196 g/mol. The van der Waals surface area contributed by atoms with Crippen molar-refractivity contribution in [2.24, 2.45) is 10.4 Å². The number of nitroso groups, excluding NO2 is 2. The molecular formula is C8H8N2O4. The van der Waals surface area contributed by atoms with Gasteiger partial charge in [0.05, 0.1) is 6.42 Å². The number of nitrogens with zero attached hydrogens (tertiary/aromatic N) is 2. The second-order valence-corrected chi connectivity index (χ2v) is 2.36. The van der Waals surface area contributed by atoms with Crippen LogP contribution in [0.25, 0.3) is 0 Å². The molecule has 0 saturated heterocycles. The molecule has 0 unspecified atom stereocenters. The predicted octanol–water partition coefficient (Wildman–Crippen LogP) is 1.95. The molecule has 0 radical (unpaired) electrons. The molecule has 6 heteroatoms. The molecule has 0 saturated carbocycles. The summed E-state index contributed by atoms with van der Waals surface area (Å²) in [6.45, 7) is 6.42. The summed E-state index contributed by atoms with van der Waals surface area (Å²) in [5, 5.41) is 13.4. The molecule has 74 valence electrons. The van der Waals surface area contributed by atoms with Gasteiger partial charge in [0.1, 0.15) is 11.4 Å². The summed E-state index contributed by atoms with van der Waals surface area (Å²) >= 11 is 0. The maximum absolute atomic E-state index is 10.3. The Balaban J connectivity index is 4.88. The Morgan fingerprint density at radius 3 is 2.21 bits per heavy atom. The maximum Gasteiger partial charge on any atom is 0.307 e. The van der Waals surface area contributed by atoms with Gasteiger partial charge in [-0.05, 0) is 22.0 Å². The second kappa shape index (κ2) is 5.52. The summed E-state index contributed by atoms with van der Waals surface area (Å²) in [6, 6.07) is 0. The smallest absolute Gasteiger partial charge is 0.307 e. The van der Waals surface area contributed by atoms with Gasteiger partial charge in [-0.15, -0.1) is 9.81 Å². The van der Waals surface area contributed by atoms with Crippen LogP contribution in [0.1, 0.15) is 6.42 Å². The van der Waals surface area contributed by atoms with E-state index in [0.717, 1.165) is 6.08 Å². The van der Waals surface area contributed by atoms with E-state index in [-0.39, 0.29) is 17.0 Å². The van der Waals surface area contributed by atoms with Gasteiger partial charge in [0.2, 0.25) is 0 Å². The molecule has 14 heavy (non-hydrogen) atoms. The fourth-order valence-corrected chi connectivity index (χ4v) is 0.685. The summed E-state index contributed by atoms with van der Waals surface area (Å²) in [5.74, 6) is -1.17. The highest BCUT2D eigenvalue weighted by molar-refractivity contribution is 5.71. The Bertz CT molecular complexity index is 330. The minimum Gasteiger partial charge on any atom is -0.481 e. The quantitative estimate of drug-likeness (QED) is 0.518. The Kier molecular flexibility index (Phi) is 4.69. The third kappa shape index (κ3) is 4.05. The Morgan fingerprint density at radius 2 is 1.86 bits per heavy atom. The monoisotopic (exact) mass is 196 g/mol.